The van der Waals surface area contributed by atoms with Crippen molar-refractivity contribution < 1.29 is 19.1 Å². The van der Waals surface area contributed by atoms with E-state index in [4.69, 9.17) is 14.3 Å². The quantitative estimate of drug-likeness (QED) is 0.410. The van der Waals surface area contributed by atoms with Crippen molar-refractivity contribution in [1.82, 2.24) is 5.32 Å². The number of ether oxygens (including phenoxy) is 2. The summed E-state index contributed by atoms with van der Waals surface area (Å²) in [5.41, 5.74) is 0.440. The number of carbonyl (C=O) groups is 1. The third-order valence-electron chi connectivity index (χ3n) is 2.78. The molecule has 0 unspecified atom stereocenters. The molecule has 0 spiro atoms. The standard InChI is InChI=1S/C16H24N2O4/c1-4-6-10-18-22-12-11-17-16(19)13-8-7-9-14(20-3)15(13)21-5-2/h7-10H,4-6,11-12H2,1-3H3,(H,17,19)/b18-10-. The summed E-state index contributed by atoms with van der Waals surface area (Å²) in [6, 6.07) is 5.21. The Kier molecular flexibility index (Phi) is 8.49. The zero-order valence-electron chi connectivity index (χ0n) is 13.4. The van der Waals surface area contributed by atoms with Crippen LogP contribution >= 0.6 is 0 Å². The number of nitrogens with zero attached hydrogens (tertiary/aromatic N) is 1. The Balaban J connectivity index is 2.54. The summed E-state index contributed by atoms with van der Waals surface area (Å²) >= 11 is 0. The highest BCUT2D eigenvalue weighted by Gasteiger charge is 2.16. The number of oxime groups is 1. The maximum absolute atomic E-state index is 12.2. The Hall–Kier alpha value is -2.24. The van der Waals surface area contributed by atoms with Crippen molar-refractivity contribution in [2.45, 2.75) is 26.7 Å². The molecule has 0 heterocycles. The van der Waals surface area contributed by atoms with Gasteiger partial charge >= 0.3 is 0 Å². The number of methoxy groups -OCH3 is 1. The summed E-state index contributed by atoms with van der Waals surface area (Å²) in [6.07, 6.45) is 3.63. The van der Waals surface area contributed by atoms with Gasteiger partial charge in [-0.1, -0.05) is 24.6 Å². The number of rotatable bonds is 10. The van der Waals surface area contributed by atoms with E-state index in [1.54, 1.807) is 31.5 Å². The van der Waals surface area contributed by atoms with E-state index in [9.17, 15) is 4.79 Å². The number of amides is 1. The van der Waals surface area contributed by atoms with Crippen LogP contribution < -0.4 is 14.8 Å². The average molecular weight is 308 g/mol. The Morgan fingerprint density at radius 3 is 2.86 bits per heavy atom. The molecule has 1 amide bonds. The Morgan fingerprint density at radius 2 is 2.18 bits per heavy atom. The molecule has 0 aliphatic carbocycles. The number of benzene rings is 1. The van der Waals surface area contributed by atoms with Gasteiger partial charge in [0.25, 0.3) is 5.91 Å². The third kappa shape index (κ3) is 5.63. The van der Waals surface area contributed by atoms with E-state index < -0.39 is 0 Å². The van der Waals surface area contributed by atoms with Gasteiger partial charge in [0.2, 0.25) is 0 Å². The fourth-order valence-electron chi connectivity index (χ4n) is 1.74. The van der Waals surface area contributed by atoms with Crippen molar-refractivity contribution in [3.05, 3.63) is 23.8 Å². The number of hydrogen-bond donors (Lipinski definition) is 1. The molecule has 122 valence electrons. The molecule has 0 atom stereocenters. The highest BCUT2D eigenvalue weighted by molar-refractivity contribution is 5.97. The van der Waals surface area contributed by atoms with E-state index in [2.05, 4.69) is 17.4 Å². The number of unbranched alkanes of at least 4 members (excludes halogenated alkanes) is 1. The van der Waals surface area contributed by atoms with Crippen molar-refractivity contribution in [2.24, 2.45) is 5.16 Å². The fraction of sp³-hybridized carbons (Fsp3) is 0.500. The minimum absolute atomic E-state index is 0.233. The molecule has 0 aromatic heterocycles. The molecule has 0 radical (unpaired) electrons. The molecule has 0 aliphatic heterocycles. The second kappa shape index (κ2) is 10.5. The van der Waals surface area contributed by atoms with E-state index >= 15 is 0 Å². The molecule has 6 nitrogen and oxygen atoms in total. The molecule has 0 bridgehead atoms. The van der Waals surface area contributed by atoms with Crippen LogP contribution in [0.4, 0.5) is 0 Å². The van der Waals surface area contributed by atoms with Crippen LogP contribution in [0.2, 0.25) is 0 Å². The van der Waals surface area contributed by atoms with Gasteiger partial charge in [0.15, 0.2) is 11.5 Å². The van der Waals surface area contributed by atoms with Crippen molar-refractivity contribution >= 4 is 12.1 Å². The van der Waals surface area contributed by atoms with Crippen LogP contribution in [0.5, 0.6) is 11.5 Å². The molecule has 1 aromatic rings. The fourth-order valence-corrected chi connectivity index (χ4v) is 1.74. The highest BCUT2D eigenvalue weighted by Crippen LogP contribution is 2.30. The van der Waals surface area contributed by atoms with Gasteiger partial charge < -0.3 is 19.6 Å². The minimum atomic E-state index is -0.233. The van der Waals surface area contributed by atoms with E-state index in [0.29, 0.717) is 36.8 Å². The normalized spacial score (nSPS) is 10.5. The number of carbonyl (C=O) groups excluding carboxylic acids is 1. The van der Waals surface area contributed by atoms with Crippen LogP contribution in [-0.4, -0.2) is 39.0 Å². The van der Waals surface area contributed by atoms with Crippen molar-refractivity contribution in [3.63, 3.8) is 0 Å². The van der Waals surface area contributed by atoms with Crippen LogP contribution in [0, 0.1) is 0 Å². The second-order valence-corrected chi connectivity index (χ2v) is 4.44. The maximum Gasteiger partial charge on any atom is 0.255 e. The van der Waals surface area contributed by atoms with Gasteiger partial charge in [-0.05, 0) is 25.5 Å². The molecule has 0 saturated heterocycles. The summed E-state index contributed by atoms with van der Waals surface area (Å²) in [6.45, 7) is 5.06. The van der Waals surface area contributed by atoms with Crippen LogP contribution in [0.1, 0.15) is 37.0 Å². The first-order chi connectivity index (χ1) is 10.7. The lowest BCUT2D eigenvalue weighted by Gasteiger charge is -2.13. The van der Waals surface area contributed by atoms with Gasteiger partial charge in [-0.2, -0.15) is 0 Å². The highest BCUT2D eigenvalue weighted by atomic mass is 16.6. The molecule has 0 fully saturated rings. The van der Waals surface area contributed by atoms with Crippen LogP contribution in [0.15, 0.2) is 23.4 Å². The van der Waals surface area contributed by atoms with Crippen LogP contribution in [-0.2, 0) is 4.84 Å². The summed E-state index contributed by atoms with van der Waals surface area (Å²) < 4.78 is 10.7. The molecule has 1 rings (SSSR count). The number of nitrogens with one attached hydrogen (secondary N) is 1. The topological polar surface area (TPSA) is 69.2 Å². The predicted octanol–water partition coefficient (Wildman–Crippen LogP) is 2.63. The van der Waals surface area contributed by atoms with Gasteiger partial charge in [-0.25, -0.2) is 0 Å². The van der Waals surface area contributed by atoms with Crippen molar-refractivity contribution in [1.29, 1.82) is 0 Å². The van der Waals surface area contributed by atoms with E-state index in [0.717, 1.165) is 12.8 Å². The molecule has 22 heavy (non-hydrogen) atoms. The van der Waals surface area contributed by atoms with Gasteiger partial charge in [0, 0.05) is 6.21 Å². The molecule has 0 aliphatic rings. The summed E-state index contributed by atoms with van der Waals surface area (Å²) in [7, 11) is 1.54. The van der Waals surface area contributed by atoms with Gasteiger partial charge in [-0.15, -0.1) is 0 Å². The second-order valence-electron chi connectivity index (χ2n) is 4.44. The smallest absolute Gasteiger partial charge is 0.255 e. The van der Waals surface area contributed by atoms with Crippen molar-refractivity contribution in [2.75, 3.05) is 26.9 Å². The largest absolute Gasteiger partial charge is 0.493 e. The van der Waals surface area contributed by atoms with E-state index in [-0.39, 0.29) is 5.91 Å². The predicted molar refractivity (Wildman–Crippen MR) is 85.8 cm³/mol. The zero-order chi connectivity index (χ0) is 16.2. The lowest BCUT2D eigenvalue weighted by atomic mass is 10.1. The lowest BCUT2D eigenvalue weighted by molar-refractivity contribution is 0.0917. The van der Waals surface area contributed by atoms with Gasteiger partial charge in [0.1, 0.15) is 6.61 Å². The summed E-state index contributed by atoms with van der Waals surface area (Å²) in [5.74, 6) is 0.755. The number of hydrogen-bond acceptors (Lipinski definition) is 5. The first-order valence-corrected chi connectivity index (χ1v) is 7.46. The van der Waals surface area contributed by atoms with E-state index in [1.165, 1.54) is 0 Å². The monoisotopic (exact) mass is 308 g/mol. The van der Waals surface area contributed by atoms with Crippen LogP contribution in [0.3, 0.4) is 0 Å². The van der Waals surface area contributed by atoms with Crippen LogP contribution in [0.25, 0.3) is 0 Å². The maximum atomic E-state index is 12.2. The molecular weight excluding hydrogens is 284 g/mol. The summed E-state index contributed by atoms with van der Waals surface area (Å²) in [4.78, 5) is 17.2. The summed E-state index contributed by atoms with van der Waals surface area (Å²) in [5, 5.41) is 6.55. The van der Waals surface area contributed by atoms with Gasteiger partial charge in [-0.3, -0.25) is 4.79 Å². The zero-order valence-corrected chi connectivity index (χ0v) is 13.4. The van der Waals surface area contributed by atoms with E-state index in [1.807, 2.05) is 6.92 Å². The third-order valence-corrected chi connectivity index (χ3v) is 2.78. The first kappa shape index (κ1) is 17.8. The van der Waals surface area contributed by atoms with Gasteiger partial charge in [0.05, 0.1) is 25.8 Å². The average Bonchev–Trinajstić information content (AvgIpc) is 2.54. The lowest BCUT2D eigenvalue weighted by Crippen LogP contribution is -2.27. The number of para-hydroxylation sites is 1. The first-order valence-electron chi connectivity index (χ1n) is 7.46. The molecular formula is C16H24N2O4. The molecule has 1 N–H and O–H groups in total. The molecule has 1 aromatic carbocycles. The Bertz CT molecular complexity index is 489. The Morgan fingerprint density at radius 1 is 1.36 bits per heavy atom. The molecule has 0 saturated carbocycles. The Labute approximate surface area is 131 Å². The minimum Gasteiger partial charge on any atom is -0.493 e. The SMILES string of the molecule is CCC/C=N\OCCNC(=O)c1cccc(OC)c1OCC. The van der Waals surface area contributed by atoms with Crippen molar-refractivity contribution in [3.8, 4) is 11.5 Å². The molecule has 6 heteroatoms.